The Hall–Kier alpha value is -3.22. The fraction of sp³-hybridized carbons (Fsp3) is 0.118. The summed E-state index contributed by atoms with van der Waals surface area (Å²) in [5.74, 6) is 0.250. The number of benzene rings is 2. The van der Waals surface area contributed by atoms with Crippen molar-refractivity contribution in [3.8, 4) is 17.2 Å². The molecule has 0 saturated carbocycles. The maximum atomic E-state index is 12.8. The maximum Gasteiger partial charge on any atom is 0.322 e. The van der Waals surface area contributed by atoms with Crippen LogP contribution in [0, 0.1) is 5.82 Å². The van der Waals surface area contributed by atoms with Gasteiger partial charge in [-0.2, -0.15) is 0 Å². The summed E-state index contributed by atoms with van der Waals surface area (Å²) in [5.41, 5.74) is 1.36. The van der Waals surface area contributed by atoms with Gasteiger partial charge in [0.05, 0.1) is 13.5 Å². The van der Waals surface area contributed by atoms with Crippen LogP contribution in [0.3, 0.4) is 0 Å². The number of anilines is 1. The number of carbonyl (C=O) groups is 1. The lowest BCUT2D eigenvalue weighted by Crippen LogP contribution is -2.14. The molecule has 0 spiro atoms. The van der Waals surface area contributed by atoms with Crippen molar-refractivity contribution in [2.75, 3.05) is 12.4 Å². The molecule has 7 heteroatoms. The summed E-state index contributed by atoms with van der Waals surface area (Å²) in [4.78, 5) is 12.0. The molecule has 0 atom stereocenters. The normalized spacial score (nSPS) is 10.4. The quantitative estimate of drug-likeness (QED) is 0.779. The first-order valence-electron chi connectivity index (χ1n) is 7.16. The number of halogens is 1. The Bertz CT molecular complexity index is 846. The average Bonchev–Trinajstić information content (AvgIpc) is 3.05. The molecule has 0 saturated heterocycles. The Morgan fingerprint density at radius 3 is 2.75 bits per heavy atom. The van der Waals surface area contributed by atoms with E-state index in [1.807, 2.05) is 0 Å². The zero-order chi connectivity index (χ0) is 16.9. The molecule has 24 heavy (non-hydrogen) atoms. The largest absolute Gasteiger partial charge is 0.497 e. The zero-order valence-electron chi connectivity index (χ0n) is 12.8. The van der Waals surface area contributed by atoms with E-state index in [4.69, 9.17) is 9.15 Å². The number of ether oxygens (including phenoxy) is 1. The molecule has 0 bridgehead atoms. The number of nitrogens with one attached hydrogen (secondary N) is 1. The Labute approximate surface area is 137 Å². The summed E-state index contributed by atoms with van der Waals surface area (Å²) in [6.45, 7) is 0. The van der Waals surface area contributed by atoms with Crippen LogP contribution in [0.15, 0.2) is 52.9 Å². The molecule has 0 unspecified atom stereocenters. The smallest absolute Gasteiger partial charge is 0.322 e. The Kier molecular flexibility index (Phi) is 4.51. The summed E-state index contributed by atoms with van der Waals surface area (Å²) >= 11 is 0. The first-order chi connectivity index (χ1) is 11.6. The first-order valence-corrected chi connectivity index (χ1v) is 7.16. The van der Waals surface area contributed by atoms with Gasteiger partial charge in [0, 0.05) is 5.56 Å². The number of carbonyl (C=O) groups excluding carboxylic acids is 1. The molecule has 1 amide bonds. The van der Waals surface area contributed by atoms with Crippen LogP contribution in [0.1, 0.15) is 5.56 Å². The molecule has 2 aromatic carbocycles. The van der Waals surface area contributed by atoms with E-state index >= 15 is 0 Å². The van der Waals surface area contributed by atoms with Gasteiger partial charge in [-0.25, -0.2) is 4.39 Å². The van der Waals surface area contributed by atoms with Crippen LogP contribution in [0.5, 0.6) is 5.75 Å². The maximum absolute atomic E-state index is 12.8. The second-order valence-electron chi connectivity index (χ2n) is 5.00. The third kappa shape index (κ3) is 3.75. The van der Waals surface area contributed by atoms with Gasteiger partial charge in [-0.15, -0.1) is 5.10 Å². The fourth-order valence-corrected chi connectivity index (χ4v) is 2.10. The molecule has 122 valence electrons. The molecular weight excluding hydrogens is 313 g/mol. The van der Waals surface area contributed by atoms with Crippen molar-refractivity contribution in [3.63, 3.8) is 0 Å². The highest BCUT2D eigenvalue weighted by Gasteiger charge is 2.12. The van der Waals surface area contributed by atoms with Crippen molar-refractivity contribution < 1.29 is 18.3 Å². The van der Waals surface area contributed by atoms with Gasteiger partial charge in [0.2, 0.25) is 11.8 Å². The van der Waals surface area contributed by atoms with Crippen LogP contribution in [-0.4, -0.2) is 23.2 Å². The fourth-order valence-electron chi connectivity index (χ4n) is 2.10. The predicted molar refractivity (Wildman–Crippen MR) is 85.0 cm³/mol. The lowest BCUT2D eigenvalue weighted by atomic mass is 10.1. The number of methoxy groups -OCH3 is 1. The van der Waals surface area contributed by atoms with Gasteiger partial charge in [0.25, 0.3) is 0 Å². The van der Waals surface area contributed by atoms with Crippen molar-refractivity contribution in [1.29, 1.82) is 0 Å². The number of rotatable bonds is 5. The van der Waals surface area contributed by atoms with E-state index in [2.05, 4.69) is 15.5 Å². The van der Waals surface area contributed by atoms with Crippen molar-refractivity contribution in [2.45, 2.75) is 6.42 Å². The Balaban J connectivity index is 1.67. The van der Waals surface area contributed by atoms with Crippen LogP contribution in [0.2, 0.25) is 0 Å². The van der Waals surface area contributed by atoms with Crippen LogP contribution < -0.4 is 10.1 Å². The number of aromatic nitrogens is 2. The van der Waals surface area contributed by atoms with Gasteiger partial charge in [-0.3, -0.25) is 10.1 Å². The molecular formula is C17H14FN3O3. The highest BCUT2D eigenvalue weighted by molar-refractivity contribution is 5.90. The minimum Gasteiger partial charge on any atom is -0.497 e. The van der Waals surface area contributed by atoms with E-state index in [1.165, 1.54) is 12.1 Å². The van der Waals surface area contributed by atoms with Gasteiger partial charge in [0.15, 0.2) is 0 Å². The van der Waals surface area contributed by atoms with Crippen molar-refractivity contribution in [2.24, 2.45) is 0 Å². The minimum absolute atomic E-state index is 0.0000634. The highest BCUT2D eigenvalue weighted by atomic mass is 19.1. The van der Waals surface area contributed by atoms with E-state index in [-0.39, 0.29) is 30.1 Å². The number of hydrogen-bond acceptors (Lipinski definition) is 5. The molecule has 6 nitrogen and oxygen atoms in total. The van der Waals surface area contributed by atoms with Gasteiger partial charge >= 0.3 is 6.01 Å². The van der Waals surface area contributed by atoms with Gasteiger partial charge in [-0.05, 0) is 35.9 Å². The molecule has 1 aromatic heterocycles. The first kappa shape index (κ1) is 15.7. The average molecular weight is 327 g/mol. The van der Waals surface area contributed by atoms with E-state index in [9.17, 15) is 9.18 Å². The molecule has 0 aliphatic rings. The molecule has 3 rings (SSSR count). The van der Waals surface area contributed by atoms with E-state index in [0.29, 0.717) is 16.9 Å². The standard InChI is InChI=1S/C17H14FN3O3/c1-23-14-4-2-3-12(10-14)16-20-21-17(24-16)19-15(22)9-11-5-7-13(18)8-6-11/h2-8,10H,9H2,1H3,(H,19,21,22). The SMILES string of the molecule is COc1cccc(-c2nnc(NC(=O)Cc3ccc(F)cc3)o2)c1. The van der Waals surface area contributed by atoms with Gasteiger partial charge in [0.1, 0.15) is 11.6 Å². The zero-order valence-corrected chi connectivity index (χ0v) is 12.8. The lowest BCUT2D eigenvalue weighted by Gasteiger charge is -2.01. The third-order valence-electron chi connectivity index (χ3n) is 3.27. The third-order valence-corrected chi connectivity index (χ3v) is 3.27. The van der Waals surface area contributed by atoms with Crippen molar-refractivity contribution in [1.82, 2.24) is 10.2 Å². The molecule has 0 radical (unpaired) electrons. The molecule has 1 heterocycles. The van der Waals surface area contributed by atoms with Crippen LogP contribution >= 0.6 is 0 Å². The van der Waals surface area contributed by atoms with Gasteiger partial charge < -0.3 is 9.15 Å². The van der Waals surface area contributed by atoms with Gasteiger partial charge in [-0.1, -0.05) is 23.3 Å². The molecule has 0 aliphatic heterocycles. The summed E-state index contributed by atoms with van der Waals surface area (Å²) in [6.07, 6.45) is 0.0805. The molecule has 0 aliphatic carbocycles. The summed E-state index contributed by atoms with van der Waals surface area (Å²) in [5, 5.41) is 10.2. The lowest BCUT2D eigenvalue weighted by molar-refractivity contribution is -0.115. The monoisotopic (exact) mass is 327 g/mol. The topological polar surface area (TPSA) is 77.3 Å². The van der Waals surface area contributed by atoms with Crippen molar-refractivity contribution >= 4 is 11.9 Å². The second-order valence-corrected chi connectivity index (χ2v) is 5.00. The minimum atomic E-state index is -0.348. The summed E-state index contributed by atoms with van der Waals surface area (Å²) in [7, 11) is 1.56. The second kappa shape index (κ2) is 6.91. The van der Waals surface area contributed by atoms with Crippen LogP contribution in [-0.2, 0) is 11.2 Å². The summed E-state index contributed by atoms with van der Waals surface area (Å²) in [6, 6.07) is 12.8. The van der Waals surface area contributed by atoms with Crippen LogP contribution in [0.25, 0.3) is 11.5 Å². The number of nitrogens with zero attached hydrogens (tertiary/aromatic N) is 2. The van der Waals surface area contributed by atoms with E-state index in [1.54, 1.807) is 43.5 Å². The highest BCUT2D eigenvalue weighted by Crippen LogP contribution is 2.23. The Morgan fingerprint density at radius 1 is 1.21 bits per heavy atom. The van der Waals surface area contributed by atoms with Crippen molar-refractivity contribution in [3.05, 3.63) is 59.9 Å². The summed E-state index contributed by atoms with van der Waals surface area (Å²) < 4.78 is 23.4. The Morgan fingerprint density at radius 2 is 2.00 bits per heavy atom. The molecule has 1 N–H and O–H groups in total. The molecule has 3 aromatic rings. The van der Waals surface area contributed by atoms with Crippen LogP contribution in [0.4, 0.5) is 10.4 Å². The number of hydrogen-bond donors (Lipinski definition) is 1. The predicted octanol–water partition coefficient (Wildman–Crippen LogP) is 3.07. The van der Waals surface area contributed by atoms with E-state index < -0.39 is 0 Å². The molecule has 0 fully saturated rings. The van der Waals surface area contributed by atoms with E-state index in [0.717, 1.165) is 0 Å². The number of amides is 1.